The molecule has 0 saturated carbocycles. The number of hydrogen-bond acceptors (Lipinski definition) is 1. The zero-order chi connectivity index (χ0) is 12.8. The molecule has 0 spiro atoms. The van der Waals surface area contributed by atoms with Crippen LogP contribution in [-0.4, -0.2) is 29.2 Å². The molecule has 98 valence electrons. The van der Waals surface area contributed by atoms with Crippen LogP contribution in [0.2, 0.25) is 0 Å². The maximum atomic E-state index is 12.1. The van der Waals surface area contributed by atoms with Crippen molar-refractivity contribution in [1.29, 1.82) is 0 Å². The van der Waals surface area contributed by atoms with E-state index in [1.54, 1.807) is 0 Å². The standard InChI is InChI=1S/C15H20BrNO/c16-9-6-13-7-10-17(11-8-13)15(18)12-14-4-2-1-3-5-14/h1-5,13H,6-12H2. The van der Waals surface area contributed by atoms with Crippen LogP contribution in [0, 0.1) is 5.92 Å². The molecular weight excluding hydrogens is 290 g/mol. The van der Waals surface area contributed by atoms with Crippen LogP contribution in [0.1, 0.15) is 24.8 Å². The fourth-order valence-electron chi connectivity index (χ4n) is 2.51. The fraction of sp³-hybridized carbons (Fsp3) is 0.533. The molecule has 1 amide bonds. The number of carbonyl (C=O) groups excluding carboxylic acids is 1. The van der Waals surface area contributed by atoms with Gasteiger partial charge in [-0.2, -0.15) is 0 Å². The molecule has 0 bridgehead atoms. The lowest BCUT2D eigenvalue weighted by Crippen LogP contribution is -2.39. The summed E-state index contributed by atoms with van der Waals surface area (Å²) < 4.78 is 0. The number of rotatable bonds is 4. The maximum absolute atomic E-state index is 12.1. The summed E-state index contributed by atoms with van der Waals surface area (Å²) in [5.41, 5.74) is 1.12. The van der Waals surface area contributed by atoms with Crippen molar-refractivity contribution >= 4 is 21.8 Å². The van der Waals surface area contributed by atoms with E-state index in [9.17, 15) is 4.79 Å². The topological polar surface area (TPSA) is 20.3 Å². The fourth-order valence-corrected chi connectivity index (χ4v) is 3.16. The summed E-state index contributed by atoms with van der Waals surface area (Å²) in [6.45, 7) is 1.87. The van der Waals surface area contributed by atoms with E-state index >= 15 is 0 Å². The molecule has 1 aromatic carbocycles. The first-order valence-electron chi connectivity index (χ1n) is 6.67. The van der Waals surface area contributed by atoms with Gasteiger partial charge in [0.15, 0.2) is 0 Å². The van der Waals surface area contributed by atoms with Crippen LogP contribution in [0.25, 0.3) is 0 Å². The molecule has 0 aromatic heterocycles. The normalized spacial score (nSPS) is 16.8. The van der Waals surface area contributed by atoms with Crippen molar-refractivity contribution in [2.75, 3.05) is 18.4 Å². The van der Waals surface area contributed by atoms with Crippen molar-refractivity contribution in [2.24, 2.45) is 5.92 Å². The lowest BCUT2D eigenvalue weighted by Gasteiger charge is -2.32. The number of piperidine rings is 1. The van der Waals surface area contributed by atoms with Gasteiger partial charge in [0.1, 0.15) is 0 Å². The van der Waals surface area contributed by atoms with E-state index < -0.39 is 0 Å². The highest BCUT2D eigenvalue weighted by Crippen LogP contribution is 2.21. The van der Waals surface area contributed by atoms with Crippen molar-refractivity contribution in [3.8, 4) is 0 Å². The summed E-state index contributed by atoms with van der Waals surface area (Å²) in [6, 6.07) is 10.0. The Bertz CT molecular complexity index is 371. The summed E-state index contributed by atoms with van der Waals surface area (Å²) >= 11 is 3.49. The number of likely N-dealkylation sites (tertiary alicyclic amines) is 1. The molecule has 0 N–H and O–H groups in total. The summed E-state index contributed by atoms with van der Waals surface area (Å²) in [4.78, 5) is 14.2. The molecule has 1 heterocycles. The van der Waals surface area contributed by atoms with Crippen molar-refractivity contribution in [3.05, 3.63) is 35.9 Å². The van der Waals surface area contributed by atoms with Crippen LogP contribution < -0.4 is 0 Å². The Kier molecular flexibility index (Phi) is 5.24. The van der Waals surface area contributed by atoms with Crippen LogP contribution in [-0.2, 0) is 11.2 Å². The molecule has 0 aliphatic carbocycles. The molecule has 0 radical (unpaired) electrons. The smallest absolute Gasteiger partial charge is 0.226 e. The largest absolute Gasteiger partial charge is 0.342 e. The van der Waals surface area contributed by atoms with E-state index in [1.807, 2.05) is 35.2 Å². The Hall–Kier alpha value is -0.830. The van der Waals surface area contributed by atoms with Crippen molar-refractivity contribution in [1.82, 2.24) is 4.90 Å². The van der Waals surface area contributed by atoms with E-state index in [1.165, 1.54) is 6.42 Å². The van der Waals surface area contributed by atoms with Crippen molar-refractivity contribution < 1.29 is 4.79 Å². The molecule has 2 rings (SSSR count). The quantitative estimate of drug-likeness (QED) is 0.782. The van der Waals surface area contributed by atoms with Gasteiger partial charge in [-0.05, 0) is 30.7 Å². The van der Waals surface area contributed by atoms with Crippen LogP contribution in [0.15, 0.2) is 30.3 Å². The molecule has 1 aromatic rings. The molecule has 1 aliphatic rings. The van der Waals surface area contributed by atoms with Crippen LogP contribution in [0.3, 0.4) is 0 Å². The lowest BCUT2D eigenvalue weighted by molar-refractivity contribution is -0.131. The van der Waals surface area contributed by atoms with Crippen molar-refractivity contribution in [3.63, 3.8) is 0 Å². The van der Waals surface area contributed by atoms with E-state index in [4.69, 9.17) is 0 Å². The number of benzene rings is 1. The number of amides is 1. The van der Waals surface area contributed by atoms with Gasteiger partial charge in [-0.3, -0.25) is 4.79 Å². The minimum Gasteiger partial charge on any atom is -0.342 e. The first kappa shape index (κ1) is 13.6. The first-order chi connectivity index (χ1) is 8.79. The Morgan fingerprint density at radius 1 is 1.22 bits per heavy atom. The molecule has 3 heteroatoms. The third-order valence-corrected chi connectivity index (χ3v) is 4.14. The van der Waals surface area contributed by atoms with Gasteiger partial charge in [0.05, 0.1) is 6.42 Å². The number of halogens is 1. The molecule has 0 unspecified atom stereocenters. The predicted octanol–water partition coefficient (Wildman–Crippen LogP) is 3.25. The van der Waals surface area contributed by atoms with Crippen molar-refractivity contribution in [2.45, 2.75) is 25.7 Å². The SMILES string of the molecule is O=C(Cc1ccccc1)N1CCC(CCBr)CC1. The molecular formula is C15H20BrNO. The number of nitrogens with zero attached hydrogens (tertiary/aromatic N) is 1. The third kappa shape index (κ3) is 3.84. The van der Waals surface area contributed by atoms with E-state index in [2.05, 4.69) is 15.9 Å². The molecule has 1 fully saturated rings. The Morgan fingerprint density at radius 2 is 1.89 bits per heavy atom. The summed E-state index contributed by atoms with van der Waals surface area (Å²) in [5, 5.41) is 1.08. The highest BCUT2D eigenvalue weighted by atomic mass is 79.9. The van der Waals surface area contributed by atoms with Gasteiger partial charge < -0.3 is 4.90 Å². The van der Waals surface area contributed by atoms with Gasteiger partial charge >= 0.3 is 0 Å². The Morgan fingerprint density at radius 3 is 2.50 bits per heavy atom. The zero-order valence-corrected chi connectivity index (χ0v) is 12.2. The van der Waals surface area contributed by atoms with Gasteiger partial charge in [0, 0.05) is 18.4 Å². The monoisotopic (exact) mass is 309 g/mol. The first-order valence-corrected chi connectivity index (χ1v) is 7.79. The van der Waals surface area contributed by atoms with Gasteiger partial charge in [0.25, 0.3) is 0 Å². The number of alkyl halides is 1. The third-order valence-electron chi connectivity index (χ3n) is 3.68. The Balaban J connectivity index is 1.81. The average molecular weight is 310 g/mol. The molecule has 2 nitrogen and oxygen atoms in total. The predicted molar refractivity (Wildman–Crippen MR) is 77.9 cm³/mol. The molecule has 0 atom stereocenters. The van der Waals surface area contributed by atoms with Gasteiger partial charge in [-0.15, -0.1) is 0 Å². The number of carbonyl (C=O) groups is 1. The highest BCUT2D eigenvalue weighted by Gasteiger charge is 2.22. The maximum Gasteiger partial charge on any atom is 0.226 e. The van der Waals surface area contributed by atoms with Gasteiger partial charge in [0.2, 0.25) is 5.91 Å². The van der Waals surface area contributed by atoms with E-state index in [-0.39, 0.29) is 5.91 Å². The van der Waals surface area contributed by atoms with E-state index in [0.29, 0.717) is 6.42 Å². The second kappa shape index (κ2) is 6.93. The highest BCUT2D eigenvalue weighted by molar-refractivity contribution is 9.09. The summed E-state index contributed by atoms with van der Waals surface area (Å²) in [5.74, 6) is 1.07. The zero-order valence-electron chi connectivity index (χ0n) is 10.6. The number of hydrogen-bond donors (Lipinski definition) is 0. The average Bonchev–Trinajstić information content (AvgIpc) is 2.41. The van der Waals surface area contributed by atoms with Crippen LogP contribution >= 0.6 is 15.9 Å². The summed E-state index contributed by atoms with van der Waals surface area (Å²) in [6.07, 6.45) is 4.10. The minimum atomic E-state index is 0.276. The molecule has 1 saturated heterocycles. The van der Waals surface area contributed by atoms with E-state index in [0.717, 1.165) is 42.7 Å². The van der Waals surface area contributed by atoms with Gasteiger partial charge in [-0.25, -0.2) is 0 Å². The Labute approximate surface area is 117 Å². The summed E-state index contributed by atoms with van der Waals surface area (Å²) in [7, 11) is 0. The second-order valence-electron chi connectivity index (χ2n) is 4.96. The van der Waals surface area contributed by atoms with Crippen LogP contribution in [0.4, 0.5) is 0 Å². The van der Waals surface area contributed by atoms with Crippen LogP contribution in [0.5, 0.6) is 0 Å². The minimum absolute atomic E-state index is 0.276. The molecule has 18 heavy (non-hydrogen) atoms. The lowest BCUT2D eigenvalue weighted by atomic mass is 9.94. The van der Waals surface area contributed by atoms with Gasteiger partial charge in [-0.1, -0.05) is 46.3 Å². The molecule has 1 aliphatic heterocycles. The second-order valence-corrected chi connectivity index (χ2v) is 5.76.